The Bertz CT molecular complexity index is 148. The Morgan fingerprint density at radius 3 is 2.86 bits per heavy atom. The van der Waals surface area contributed by atoms with E-state index in [2.05, 4.69) is 25.4 Å². The fourth-order valence-corrected chi connectivity index (χ4v) is 2.50. The molecule has 3 atom stereocenters. The first kappa shape index (κ1) is 12.3. The molecule has 0 bridgehead atoms. The normalized spacial score (nSPS) is 26.4. The minimum Gasteiger partial charge on any atom is -0.381 e. The zero-order valence-electron chi connectivity index (χ0n) is 9.58. The zero-order chi connectivity index (χ0) is 10.4. The van der Waals surface area contributed by atoms with Crippen LogP contribution in [-0.4, -0.2) is 37.3 Å². The summed E-state index contributed by atoms with van der Waals surface area (Å²) >= 11 is 1.92. The minimum absolute atomic E-state index is 0.606. The van der Waals surface area contributed by atoms with Gasteiger partial charge in [-0.05, 0) is 44.6 Å². The Morgan fingerprint density at radius 2 is 2.29 bits per heavy atom. The van der Waals surface area contributed by atoms with Crippen LogP contribution in [0.15, 0.2) is 0 Å². The number of rotatable bonds is 6. The van der Waals surface area contributed by atoms with Crippen LogP contribution >= 0.6 is 11.8 Å². The standard InChI is InChI=1S/C11H23NOS/c1-9(5-7-14-3)12-10(2)11-4-6-13-8-11/h9-12H,4-8H2,1-3H3. The lowest BCUT2D eigenvalue weighted by Crippen LogP contribution is -2.40. The summed E-state index contributed by atoms with van der Waals surface area (Å²) in [7, 11) is 0. The van der Waals surface area contributed by atoms with Gasteiger partial charge in [0.1, 0.15) is 0 Å². The summed E-state index contributed by atoms with van der Waals surface area (Å²) < 4.78 is 5.40. The van der Waals surface area contributed by atoms with Crippen LogP contribution in [0.2, 0.25) is 0 Å². The number of ether oxygens (including phenoxy) is 1. The smallest absolute Gasteiger partial charge is 0.0509 e. The first-order valence-corrected chi connectivity index (χ1v) is 6.96. The van der Waals surface area contributed by atoms with E-state index < -0.39 is 0 Å². The molecule has 0 amide bonds. The highest BCUT2D eigenvalue weighted by molar-refractivity contribution is 7.98. The Hall–Kier alpha value is 0.270. The van der Waals surface area contributed by atoms with Crippen molar-refractivity contribution in [2.45, 2.75) is 38.8 Å². The summed E-state index contributed by atoms with van der Waals surface area (Å²) in [6.07, 6.45) is 4.66. The summed E-state index contributed by atoms with van der Waals surface area (Å²) in [6.45, 7) is 6.47. The van der Waals surface area contributed by atoms with Gasteiger partial charge in [0.25, 0.3) is 0 Å². The van der Waals surface area contributed by atoms with Crippen LogP contribution < -0.4 is 5.32 Å². The lowest BCUT2D eigenvalue weighted by atomic mass is 10.00. The summed E-state index contributed by atoms with van der Waals surface area (Å²) in [5.41, 5.74) is 0. The van der Waals surface area contributed by atoms with Crippen molar-refractivity contribution in [2.24, 2.45) is 5.92 Å². The van der Waals surface area contributed by atoms with Gasteiger partial charge in [0.2, 0.25) is 0 Å². The van der Waals surface area contributed by atoms with Gasteiger partial charge < -0.3 is 10.1 Å². The fraction of sp³-hybridized carbons (Fsp3) is 1.00. The van der Waals surface area contributed by atoms with Crippen LogP contribution in [0.1, 0.15) is 26.7 Å². The molecule has 84 valence electrons. The SMILES string of the molecule is CSCCC(C)NC(C)C1CCOC1. The van der Waals surface area contributed by atoms with Gasteiger partial charge in [0, 0.05) is 18.7 Å². The quantitative estimate of drug-likeness (QED) is 0.736. The molecule has 0 aliphatic carbocycles. The maximum atomic E-state index is 5.40. The van der Waals surface area contributed by atoms with Gasteiger partial charge in [0.05, 0.1) is 6.61 Å². The second kappa shape index (κ2) is 6.70. The molecule has 1 aliphatic rings. The highest BCUT2D eigenvalue weighted by Crippen LogP contribution is 2.17. The second-order valence-corrected chi connectivity index (χ2v) is 5.25. The van der Waals surface area contributed by atoms with Gasteiger partial charge in [-0.1, -0.05) is 0 Å². The maximum Gasteiger partial charge on any atom is 0.0509 e. The molecule has 1 heterocycles. The predicted molar refractivity (Wildman–Crippen MR) is 64.0 cm³/mol. The van der Waals surface area contributed by atoms with Gasteiger partial charge in [-0.25, -0.2) is 0 Å². The highest BCUT2D eigenvalue weighted by atomic mass is 32.2. The summed E-state index contributed by atoms with van der Waals surface area (Å²) in [5, 5.41) is 3.66. The zero-order valence-corrected chi connectivity index (χ0v) is 10.4. The lowest BCUT2D eigenvalue weighted by molar-refractivity contribution is 0.177. The number of thioether (sulfide) groups is 1. The molecule has 1 fully saturated rings. The largest absolute Gasteiger partial charge is 0.381 e. The van der Waals surface area contributed by atoms with E-state index >= 15 is 0 Å². The van der Waals surface area contributed by atoms with Crippen molar-refractivity contribution < 1.29 is 4.74 Å². The van der Waals surface area contributed by atoms with Crippen molar-refractivity contribution in [1.82, 2.24) is 5.32 Å². The van der Waals surface area contributed by atoms with E-state index in [1.165, 1.54) is 18.6 Å². The molecule has 3 unspecified atom stereocenters. The van der Waals surface area contributed by atoms with E-state index in [0.717, 1.165) is 19.1 Å². The molecule has 0 aromatic rings. The van der Waals surface area contributed by atoms with Gasteiger partial charge in [-0.2, -0.15) is 11.8 Å². The van der Waals surface area contributed by atoms with Gasteiger partial charge in [-0.3, -0.25) is 0 Å². The molecular weight excluding hydrogens is 194 g/mol. The Balaban J connectivity index is 2.14. The van der Waals surface area contributed by atoms with Crippen LogP contribution in [-0.2, 0) is 4.74 Å². The van der Waals surface area contributed by atoms with Crippen LogP contribution in [0.25, 0.3) is 0 Å². The lowest BCUT2D eigenvalue weighted by Gasteiger charge is -2.23. The Morgan fingerprint density at radius 1 is 1.50 bits per heavy atom. The van der Waals surface area contributed by atoms with Crippen molar-refractivity contribution in [3.05, 3.63) is 0 Å². The van der Waals surface area contributed by atoms with E-state index in [0.29, 0.717) is 12.1 Å². The molecule has 1 N–H and O–H groups in total. The molecule has 0 radical (unpaired) electrons. The molecule has 0 spiro atoms. The van der Waals surface area contributed by atoms with Crippen LogP contribution in [0.5, 0.6) is 0 Å². The summed E-state index contributed by atoms with van der Waals surface area (Å²) in [4.78, 5) is 0. The molecule has 1 saturated heterocycles. The highest BCUT2D eigenvalue weighted by Gasteiger charge is 2.22. The summed E-state index contributed by atoms with van der Waals surface area (Å²) in [5.74, 6) is 1.98. The van der Waals surface area contributed by atoms with Gasteiger partial charge in [0.15, 0.2) is 0 Å². The van der Waals surface area contributed by atoms with Crippen molar-refractivity contribution in [2.75, 3.05) is 25.2 Å². The third-order valence-corrected chi connectivity index (χ3v) is 3.62. The van der Waals surface area contributed by atoms with Gasteiger partial charge in [-0.15, -0.1) is 0 Å². The van der Waals surface area contributed by atoms with Gasteiger partial charge >= 0.3 is 0 Å². The average molecular weight is 217 g/mol. The topological polar surface area (TPSA) is 21.3 Å². The molecule has 0 saturated carbocycles. The molecule has 1 aliphatic heterocycles. The molecule has 2 nitrogen and oxygen atoms in total. The number of hydrogen-bond acceptors (Lipinski definition) is 3. The summed E-state index contributed by atoms with van der Waals surface area (Å²) in [6, 6.07) is 1.24. The molecule has 0 aromatic carbocycles. The first-order chi connectivity index (χ1) is 6.74. The van der Waals surface area contributed by atoms with Crippen LogP contribution in [0.4, 0.5) is 0 Å². The average Bonchev–Trinajstić information content (AvgIpc) is 2.67. The van der Waals surface area contributed by atoms with E-state index in [9.17, 15) is 0 Å². The molecule has 14 heavy (non-hydrogen) atoms. The third kappa shape index (κ3) is 4.20. The van der Waals surface area contributed by atoms with Crippen LogP contribution in [0, 0.1) is 5.92 Å². The molecule has 1 rings (SSSR count). The fourth-order valence-electron chi connectivity index (χ4n) is 1.91. The minimum atomic E-state index is 0.606. The predicted octanol–water partition coefficient (Wildman–Crippen LogP) is 2.14. The van der Waals surface area contributed by atoms with Crippen molar-refractivity contribution in [3.63, 3.8) is 0 Å². The van der Waals surface area contributed by atoms with Crippen molar-refractivity contribution >= 4 is 11.8 Å². The Labute approximate surface area is 92.2 Å². The van der Waals surface area contributed by atoms with E-state index in [1.54, 1.807) is 0 Å². The second-order valence-electron chi connectivity index (χ2n) is 4.26. The van der Waals surface area contributed by atoms with E-state index in [1.807, 2.05) is 11.8 Å². The molecular formula is C11H23NOS. The van der Waals surface area contributed by atoms with Crippen molar-refractivity contribution in [1.29, 1.82) is 0 Å². The number of nitrogens with one attached hydrogen (secondary N) is 1. The molecule has 3 heteroatoms. The molecule has 0 aromatic heterocycles. The number of hydrogen-bond donors (Lipinski definition) is 1. The van der Waals surface area contributed by atoms with E-state index in [4.69, 9.17) is 4.74 Å². The van der Waals surface area contributed by atoms with Crippen LogP contribution in [0.3, 0.4) is 0 Å². The maximum absolute atomic E-state index is 5.40. The Kier molecular flexibility index (Phi) is 5.90. The monoisotopic (exact) mass is 217 g/mol. The van der Waals surface area contributed by atoms with E-state index in [-0.39, 0.29) is 0 Å². The van der Waals surface area contributed by atoms with Crippen molar-refractivity contribution in [3.8, 4) is 0 Å². The first-order valence-electron chi connectivity index (χ1n) is 5.56. The third-order valence-electron chi connectivity index (χ3n) is 2.97.